The molecule has 2 fully saturated rings. The molecule has 0 aromatic heterocycles. The zero-order chi connectivity index (χ0) is 25.9. The van der Waals surface area contributed by atoms with E-state index < -0.39 is 35.7 Å². The summed E-state index contributed by atoms with van der Waals surface area (Å²) in [5.41, 5.74) is 1.79. The van der Waals surface area contributed by atoms with Gasteiger partial charge in [-0.2, -0.15) is 0 Å². The topological polar surface area (TPSA) is 68.3 Å². The van der Waals surface area contributed by atoms with Crippen molar-refractivity contribution in [1.82, 2.24) is 0 Å². The maximum absolute atomic E-state index is 13.7. The maximum Gasteiger partial charge on any atom is 0.266 e. The molecule has 2 heterocycles. The first-order chi connectivity index (χ1) is 18.0. The van der Waals surface area contributed by atoms with Crippen molar-refractivity contribution in [2.24, 2.45) is 5.92 Å². The molecule has 2 amide bonds. The summed E-state index contributed by atoms with van der Waals surface area (Å²) in [6.07, 6.45) is 0.918. The summed E-state index contributed by atoms with van der Waals surface area (Å²) in [6, 6.07) is 19.6. The Labute approximate surface area is 215 Å². The second-order valence-electron chi connectivity index (χ2n) is 8.99. The molecule has 0 aliphatic carbocycles. The Hall–Kier alpha value is -3.91. The third kappa shape index (κ3) is 4.64. The Kier molecular flexibility index (Phi) is 7.10. The number of carbonyl (C=O) groups excluding carboxylic acids is 2. The number of unbranched alkanes of at least 4 members (excludes halogenated alkanes) is 1. The number of fused-ring (bicyclic) bond motifs is 1. The van der Waals surface area contributed by atoms with Gasteiger partial charge in [0, 0.05) is 0 Å². The van der Waals surface area contributed by atoms with Crippen LogP contribution in [0.15, 0.2) is 72.8 Å². The SMILES string of the molecule is CCCCOc1ccc([C@H]2[C@H]3C(=O)N(c4ccc(F)cc4)C(=O)[C@@H]3ON2c2ccccc2)cc1OCC. The van der Waals surface area contributed by atoms with Crippen LogP contribution in [0.4, 0.5) is 15.8 Å². The Morgan fingerprint density at radius 3 is 2.32 bits per heavy atom. The molecule has 0 bridgehead atoms. The van der Waals surface area contributed by atoms with Gasteiger partial charge in [-0.1, -0.05) is 37.6 Å². The van der Waals surface area contributed by atoms with Gasteiger partial charge < -0.3 is 9.47 Å². The molecule has 0 unspecified atom stereocenters. The molecular formula is C29H29FN2O5. The van der Waals surface area contributed by atoms with Gasteiger partial charge in [0.25, 0.3) is 5.91 Å². The lowest BCUT2D eigenvalue weighted by Gasteiger charge is -2.29. The molecule has 3 aromatic rings. The van der Waals surface area contributed by atoms with E-state index in [2.05, 4.69) is 6.92 Å². The predicted octanol–water partition coefficient (Wildman–Crippen LogP) is 5.45. The van der Waals surface area contributed by atoms with Crippen LogP contribution in [-0.2, 0) is 14.4 Å². The number of hydrogen-bond acceptors (Lipinski definition) is 6. The minimum Gasteiger partial charge on any atom is -0.490 e. The zero-order valence-corrected chi connectivity index (χ0v) is 20.8. The summed E-state index contributed by atoms with van der Waals surface area (Å²) >= 11 is 0. The average molecular weight is 505 g/mol. The van der Waals surface area contributed by atoms with E-state index in [0.717, 1.165) is 29.0 Å². The zero-order valence-electron chi connectivity index (χ0n) is 20.8. The summed E-state index contributed by atoms with van der Waals surface area (Å²) in [5.74, 6) is -0.931. The molecule has 7 nitrogen and oxygen atoms in total. The molecule has 2 saturated heterocycles. The van der Waals surface area contributed by atoms with Crippen LogP contribution in [0.3, 0.4) is 0 Å². The number of hydroxylamine groups is 1. The minimum atomic E-state index is -1.02. The van der Waals surface area contributed by atoms with Gasteiger partial charge in [-0.05, 0) is 67.4 Å². The highest BCUT2D eigenvalue weighted by Crippen LogP contribution is 2.48. The van der Waals surface area contributed by atoms with Gasteiger partial charge in [0.05, 0.1) is 30.6 Å². The van der Waals surface area contributed by atoms with Crippen LogP contribution in [0.25, 0.3) is 0 Å². The lowest BCUT2D eigenvalue weighted by Crippen LogP contribution is -2.37. The summed E-state index contributed by atoms with van der Waals surface area (Å²) in [4.78, 5) is 34.4. The molecule has 2 aliphatic heterocycles. The van der Waals surface area contributed by atoms with E-state index in [4.69, 9.17) is 14.3 Å². The lowest BCUT2D eigenvalue weighted by atomic mass is 9.90. The van der Waals surface area contributed by atoms with Gasteiger partial charge in [0.2, 0.25) is 5.91 Å². The maximum atomic E-state index is 13.7. The number of para-hydroxylation sites is 1. The molecule has 5 rings (SSSR count). The van der Waals surface area contributed by atoms with Crippen molar-refractivity contribution in [3.05, 3.63) is 84.2 Å². The van der Waals surface area contributed by atoms with Crippen molar-refractivity contribution in [3.63, 3.8) is 0 Å². The van der Waals surface area contributed by atoms with E-state index in [1.807, 2.05) is 55.5 Å². The smallest absolute Gasteiger partial charge is 0.266 e. The van der Waals surface area contributed by atoms with Crippen LogP contribution in [0, 0.1) is 11.7 Å². The summed E-state index contributed by atoms with van der Waals surface area (Å²) in [7, 11) is 0. The van der Waals surface area contributed by atoms with E-state index in [-0.39, 0.29) is 0 Å². The number of rotatable bonds is 9. The van der Waals surface area contributed by atoms with Crippen molar-refractivity contribution in [3.8, 4) is 11.5 Å². The Morgan fingerprint density at radius 1 is 0.865 bits per heavy atom. The Balaban J connectivity index is 1.55. The summed E-state index contributed by atoms with van der Waals surface area (Å²) in [5, 5.41) is 1.63. The largest absolute Gasteiger partial charge is 0.490 e. The van der Waals surface area contributed by atoms with Crippen LogP contribution in [0.2, 0.25) is 0 Å². The highest BCUT2D eigenvalue weighted by atomic mass is 19.1. The fraction of sp³-hybridized carbons (Fsp3) is 0.310. The fourth-order valence-corrected chi connectivity index (χ4v) is 4.82. The van der Waals surface area contributed by atoms with Gasteiger partial charge in [-0.15, -0.1) is 0 Å². The van der Waals surface area contributed by atoms with Gasteiger partial charge in [-0.3, -0.25) is 14.4 Å². The molecule has 2 aliphatic rings. The quantitative estimate of drug-likeness (QED) is 0.285. The van der Waals surface area contributed by atoms with E-state index >= 15 is 0 Å². The monoisotopic (exact) mass is 504 g/mol. The Bertz CT molecular complexity index is 1270. The predicted molar refractivity (Wildman–Crippen MR) is 137 cm³/mol. The van der Waals surface area contributed by atoms with Crippen LogP contribution in [-0.4, -0.2) is 31.1 Å². The second-order valence-corrected chi connectivity index (χ2v) is 8.99. The van der Waals surface area contributed by atoms with Crippen molar-refractivity contribution >= 4 is 23.2 Å². The summed E-state index contributed by atoms with van der Waals surface area (Å²) < 4.78 is 25.3. The molecular weight excluding hydrogens is 475 g/mol. The first-order valence-corrected chi connectivity index (χ1v) is 12.6. The first kappa shape index (κ1) is 24.8. The normalized spacial score (nSPS) is 20.9. The molecule has 0 spiro atoms. The van der Waals surface area contributed by atoms with E-state index in [1.54, 1.807) is 5.06 Å². The number of ether oxygens (including phenoxy) is 2. The first-order valence-electron chi connectivity index (χ1n) is 12.6. The second kappa shape index (κ2) is 10.6. The van der Waals surface area contributed by atoms with Crippen molar-refractivity contribution in [1.29, 1.82) is 0 Å². The molecule has 192 valence electrons. The molecule has 0 saturated carbocycles. The van der Waals surface area contributed by atoms with Gasteiger partial charge in [0.15, 0.2) is 17.6 Å². The number of benzene rings is 3. The van der Waals surface area contributed by atoms with Crippen molar-refractivity contribution < 1.29 is 28.3 Å². The number of hydrogen-bond donors (Lipinski definition) is 0. The number of amides is 2. The van der Waals surface area contributed by atoms with Gasteiger partial charge in [-0.25, -0.2) is 14.4 Å². The van der Waals surface area contributed by atoms with Gasteiger partial charge in [0.1, 0.15) is 11.7 Å². The van der Waals surface area contributed by atoms with E-state index in [1.165, 1.54) is 24.3 Å². The number of nitrogens with zero attached hydrogens (tertiary/aromatic N) is 2. The third-order valence-electron chi connectivity index (χ3n) is 6.58. The van der Waals surface area contributed by atoms with Crippen LogP contribution in [0.1, 0.15) is 38.3 Å². The van der Waals surface area contributed by atoms with Crippen molar-refractivity contribution in [2.75, 3.05) is 23.2 Å². The molecule has 8 heteroatoms. The third-order valence-corrected chi connectivity index (χ3v) is 6.58. The standard InChI is InChI=1S/C29H29FN2O5/c1-3-5-17-36-23-16-11-19(18-24(23)35-4-2)26-25-27(37-32(26)22-9-7-6-8-10-22)29(34)31(28(25)33)21-14-12-20(30)13-15-21/h6-16,18,25-27H,3-5,17H2,1-2H3/t25-,26+,27-/m1/s1. The lowest BCUT2D eigenvalue weighted by molar-refractivity contribution is -0.126. The number of anilines is 2. The van der Waals surface area contributed by atoms with Crippen LogP contribution >= 0.6 is 0 Å². The van der Waals surface area contributed by atoms with E-state index in [0.29, 0.717) is 30.4 Å². The highest BCUT2D eigenvalue weighted by molar-refractivity contribution is 6.23. The molecule has 37 heavy (non-hydrogen) atoms. The number of halogens is 1. The molecule has 0 radical (unpaired) electrons. The fourth-order valence-electron chi connectivity index (χ4n) is 4.82. The average Bonchev–Trinajstić information content (AvgIpc) is 3.42. The van der Waals surface area contributed by atoms with Crippen LogP contribution < -0.4 is 19.4 Å². The van der Waals surface area contributed by atoms with Gasteiger partial charge >= 0.3 is 0 Å². The molecule has 0 N–H and O–H groups in total. The number of carbonyl (C=O) groups is 2. The van der Waals surface area contributed by atoms with Crippen molar-refractivity contribution in [2.45, 2.75) is 38.8 Å². The highest BCUT2D eigenvalue weighted by Gasteiger charge is 2.60. The number of imide groups is 1. The molecule has 3 atom stereocenters. The summed E-state index contributed by atoms with van der Waals surface area (Å²) in [6.45, 7) is 5.01. The van der Waals surface area contributed by atoms with E-state index in [9.17, 15) is 14.0 Å². The minimum absolute atomic E-state index is 0.314. The Morgan fingerprint density at radius 2 is 1.62 bits per heavy atom. The van der Waals surface area contributed by atoms with Crippen LogP contribution in [0.5, 0.6) is 11.5 Å². The molecule has 3 aromatic carbocycles.